The highest BCUT2D eigenvalue weighted by Crippen LogP contribution is 2.25. The summed E-state index contributed by atoms with van der Waals surface area (Å²) >= 11 is 0. The Morgan fingerprint density at radius 1 is 1.56 bits per heavy atom. The highest BCUT2D eigenvalue weighted by molar-refractivity contribution is 5.79. The van der Waals surface area contributed by atoms with Crippen molar-refractivity contribution in [2.24, 2.45) is 0 Å². The van der Waals surface area contributed by atoms with E-state index in [0.29, 0.717) is 11.8 Å². The average molecular weight is 125 g/mol. The number of hydrogen-bond donors (Lipinski definition) is 0. The zero-order valence-electron chi connectivity index (χ0n) is 5.47. The van der Waals surface area contributed by atoms with Gasteiger partial charge in [-0.05, 0) is 13.0 Å². The maximum atomic E-state index is 10.9. The Kier molecular flexibility index (Phi) is 1.09. The Morgan fingerprint density at radius 2 is 2.44 bits per heavy atom. The molecule has 0 spiro atoms. The van der Waals surface area contributed by atoms with Crippen molar-refractivity contribution in [3.05, 3.63) is 0 Å². The van der Waals surface area contributed by atoms with Crippen LogP contribution in [-0.2, 0) is 4.79 Å². The third-order valence-electron chi connectivity index (χ3n) is 2.19. The molecule has 0 radical (unpaired) electrons. The third kappa shape index (κ3) is 0.990. The Balaban J connectivity index is 1.99. The number of hydrogen-bond acceptors (Lipinski definition) is 2. The van der Waals surface area contributed by atoms with Gasteiger partial charge in [-0.3, -0.25) is 9.69 Å². The highest BCUT2D eigenvalue weighted by atomic mass is 16.1. The van der Waals surface area contributed by atoms with Gasteiger partial charge in [-0.25, -0.2) is 0 Å². The number of Topliss-reactive ketones (excluding diaryl/α,β-unsaturated/α-hetero) is 1. The molecule has 9 heavy (non-hydrogen) atoms. The van der Waals surface area contributed by atoms with E-state index in [9.17, 15) is 4.79 Å². The van der Waals surface area contributed by atoms with Gasteiger partial charge in [0.25, 0.3) is 0 Å². The van der Waals surface area contributed by atoms with Gasteiger partial charge in [0, 0.05) is 25.4 Å². The summed E-state index contributed by atoms with van der Waals surface area (Å²) in [7, 11) is 0. The molecule has 0 amide bonds. The van der Waals surface area contributed by atoms with Crippen LogP contribution in [0.1, 0.15) is 19.3 Å². The first-order valence-corrected chi connectivity index (χ1v) is 3.62. The minimum absolute atomic E-state index is 0.472. The average Bonchev–Trinajstić information content (AvgIpc) is 2.43. The largest absolute Gasteiger partial charge is 0.300 e. The Bertz CT molecular complexity index is 144. The van der Waals surface area contributed by atoms with Gasteiger partial charge >= 0.3 is 0 Å². The van der Waals surface area contributed by atoms with E-state index >= 15 is 0 Å². The molecular weight excluding hydrogens is 114 g/mol. The lowest BCUT2D eigenvalue weighted by molar-refractivity contribution is -0.118. The lowest BCUT2D eigenvalue weighted by Gasteiger charge is -1.92. The predicted molar refractivity (Wildman–Crippen MR) is 34.2 cm³/mol. The van der Waals surface area contributed by atoms with E-state index in [4.69, 9.17) is 0 Å². The lowest BCUT2D eigenvalue weighted by Crippen LogP contribution is -2.00. The second kappa shape index (κ2) is 1.81. The quantitative estimate of drug-likeness (QED) is 0.437. The first-order valence-electron chi connectivity index (χ1n) is 3.62. The van der Waals surface area contributed by atoms with E-state index in [2.05, 4.69) is 4.90 Å². The van der Waals surface area contributed by atoms with E-state index in [0.717, 1.165) is 25.8 Å². The second-order valence-corrected chi connectivity index (χ2v) is 3.00. The molecule has 2 aliphatic heterocycles. The Labute approximate surface area is 54.8 Å². The second-order valence-electron chi connectivity index (χ2n) is 3.00. The van der Waals surface area contributed by atoms with Crippen molar-refractivity contribution in [2.45, 2.75) is 25.3 Å². The summed E-state index contributed by atoms with van der Waals surface area (Å²) in [6.07, 6.45) is 2.75. The van der Waals surface area contributed by atoms with Crippen molar-refractivity contribution >= 4 is 5.78 Å². The van der Waals surface area contributed by atoms with Gasteiger partial charge < -0.3 is 0 Å². The molecule has 2 rings (SSSR count). The molecule has 2 heterocycles. The van der Waals surface area contributed by atoms with Crippen molar-refractivity contribution < 1.29 is 4.79 Å². The minimum atomic E-state index is 0.472. The first-order chi connectivity index (χ1) is 4.36. The summed E-state index contributed by atoms with van der Waals surface area (Å²) in [4.78, 5) is 13.3. The van der Waals surface area contributed by atoms with Gasteiger partial charge in [0.15, 0.2) is 0 Å². The van der Waals surface area contributed by atoms with E-state index in [1.807, 2.05) is 0 Å². The van der Waals surface area contributed by atoms with Crippen LogP contribution < -0.4 is 0 Å². The van der Waals surface area contributed by atoms with E-state index < -0.39 is 0 Å². The molecular formula is C7H11NO. The fourth-order valence-corrected chi connectivity index (χ4v) is 1.54. The van der Waals surface area contributed by atoms with Gasteiger partial charge in [-0.2, -0.15) is 0 Å². The van der Waals surface area contributed by atoms with Gasteiger partial charge in [-0.15, -0.1) is 0 Å². The Morgan fingerprint density at radius 3 is 3.33 bits per heavy atom. The third-order valence-corrected chi connectivity index (χ3v) is 2.19. The van der Waals surface area contributed by atoms with E-state index in [-0.39, 0.29) is 0 Å². The molecule has 0 aliphatic carbocycles. The summed E-state index contributed by atoms with van der Waals surface area (Å²) in [6.45, 7) is 2.35. The molecule has 2 saturated heterocycles. The zero-order chi connectivity index (χ0) is 6.27. The van der Waals surface area contributed by atoms with Crippen LogP contribution in [0.2, 0.25) is 0 Å². The molecule has 2 atom stereocenters. The molecule has 2 aliphatic rings. The number of ketones is 1. The molecule has 2 heteroatoms. The van der Waals surface area contributed by atoms with Crippen molar-refractivity contribution in [1.29, 1.82) is 0 Å². The Hall–Kier alpha value is -0.370. The molecule has 0 saturated carbocycles. The monoisotopic (exact) mass is 125 g/mol. The lowest BCUT2D eigenvalue weighted by atomic mass is 10.1. The summed E-state index contributed by atoms with van der Waals surface area (Å²) in [5.74, 6) is 0.472. The summed E-state index contributed by atoms with van der Waals surface area (Å²) in [5.41, 5.74) is 0. The van der Waals surface area contributed by atoms with Crippen LogP contribution in [0.3, 0.4) is 0 Å². The van der Waals surface area contributed by atoms with Gasteiger partial charge in [0.05, 0.1) is 0 Å². The molecule has 0 bridgehead atoms. The summed E-state index contributed by atoms with van der Waals surface area (Å²) in [6, 6.07) is 0.653. The van der Waals surface area contributed by atoms with Crippen molar-refractivity contribution in [3.63, 3.8) is 0 Å². The standard InChI is InChI=1S/C7H11NO/c9-7-2-1-3-8-5-6(8)4-7/h6H,1-5H2. The van der Waals surface area contributed by atoms with Crippen LogP contribution >= 0.6 is 0 Å². The molecule has 0 aromatic carbocycles. The molecule has 0 aromatic rings. The summed E-state index contributed by atoms with van der Waals surface area (Å²) < 4.78 is 0. The number of fused-ring (bicyclic) bond motifs is 1. The topological polar surface area (TPSA) is 20.1 Å². The number of carbonyl (C=O) groups is 1. The fraction of sp³-hybridized carbons (Fsp3) is 0.857. The fourth-order valence-electron chi connectivity index (χ4n) is 1.54. The van der Waals surface area contributed by atoms with Crippen LogP contribution in [0.25, 0.3) is 0 Å². The first kappa shape index (κ1) is 5.42. The molecule has 0 N–H and O–H groups in total. The zero-order valence-corrected chi connectivity index (χ0v) is 5.47. The number of carbonyl (C=O) groups excluding carboxylic acids is 1. The van der Waals surface area contributed by atoms with Crippen LogP contribution in [0.4, 0.5) is 0 Å². The van der Waals surface area contributed by atoms with E-state index in [1.165, 1.54) is 6.54 Å². The van der Waals surface area contributed by atoms with Crippen LogP contribution in [-0.4, -0.2) is 29.8 Å². The smallest absolute Gasteiger partial charge is 0.134 e. The van der Waals surface area contributed by atoms with Crippen LogP contribution in [0.5, 0.6) is 0 Å². The van der Waals surface area contributed by atoms with Crippen molar-refractivity contribution in [2.75, 3.05) is 13.1 Å². The minimum Gasteiger partial charge on any atom is -0.300 e. The van der Waals surface area contributed by atoms with Crippen LogP contribution in [0.15, 0.2) is 0 Å². The van der Waals surface area contributed by atoms with Crippen molar-refractivity contribution in [1.82, 2.24) is 4.90 Å². The number of nitrogens with zero attached hydrogens (tertiary/aromatic N) is 1. The molecule has 2 unspecified atom stereocenters. The SMILES string of the molecule is O=C1CCCN2CC2C1. The maximum absolute atomic E-state index is 10.9. The van der Waals surface area contributed by atoms with E-state index in [1.54, 1.807) is 0 Å². The van der Waals surface area contributed by atoms with Gasteiger partial charge in [0.2, 0.25) is 0 Å². The van der Waals surface area contributed by atoms with Gasteiger partial charge in [-0.1, -0.05) is 0 Å². The predicted octanol–water partition coefficient (Wildman–Crippen LogP) is 0.424. The van der Waals surface area contributed by atoms with Crippen LogP contribution in [0, 0.1) is 0 Å². The van der Waals surface area contributed by atoms with Crippen molar-refractivity contribution in [3.8, 4) is 0 Å². The molecule has 2 fully saturated rings. The summed E-state index contributed by atoms with van der Waals surface area (Å²) in [5, 5.41) is 0. The number of rotatable bonds is 0. The molecule has 50 valence electrons. The highest BCUT2D eigenvalue weighted by Gasteiger charge is 2.36. The maximum Gasteiger partial charge on any atom is 0.134 e. The molecule has 0 aromatic heterocycles. The van der Waals surface area contributed by atoms with Gasteiger partial charge in [0.1, 0.15) is 5.78 Å². The molecule has 2 nitrogen and oxygen atoms in total. The normalized spacial score (nSPS) is 41.6.